The van der Waals surface area contributed by atoms with Crippen LogP contribution in [0.15, 0.2) is 78.9 Å². The van der Waals surface area contributed by atoms with Gasteiger partial charge >= 0.3 is 0 Å². The van der Waals surface area contributed by atoms with Crippen molar-refractivity contribution in [2.24, 2.45) is 0 Å². The molecule has 1 unspecified atom stereocenters. The zero-order valence-corrected chi connectivity index (χ0v) is 18.1. The molecule has 0 bridgehead atoms. The molecule has 0 amide bonds. The molecule has 0 spiro atoms. The zero-order chi connectivity index (χ0) is 21.0. The second kappa shape index (κ2) is 8.99. The number of nitrogens with zero attached hydrogens (tertiary/aromatic N) is 3. The van der Waals surface area contributed by atoms with Gasteiger partial charge < -0.3 is 0 Å². The summed E-state index contributed by atoms with van der Waals surface area (Å²) in [6.45, 7) is 0. The van der Waals surface area contributed by atoms with Crippen molar-refractivity contribution in [2.75, 3.05) is 0 Å². The summed E-state index contributed by atoms with van der Waals surface area (Å²) in [5, 5.41) is 0.230. The monoisotopic (exact) mass is 425 g/mol. The van der Waals surface area contributed by atoms with Gasteiger partial charge in [0, 0.05) is 11.1 Å². The van der Waals surface area contributed by atoms with E-state index in [0.29, 0.717) is 17.6 Å². The number of rotatable bonds is 4. The molecule has 31 heavy (non-hydrogen) atoms. The molecule has 0 saturated heterocycles. The summed E-state index contributed by atoms with van der Waals surface area (Å²) < 4.78 is 0. The van der Waals surface area contributed by atoms with Gasteiger partial charge in [0.15, 0.2) is 11.6 Å². The van der Waals surface area contributed by atoms with Gasteiger partial charge in [0.1, 0.15) is 0 Å². The van der Waals surface area contributed by atoms with E-state index in [4.69, 9.17) is 16.6 Å². The molecular weight excluding hydrogens is 402 g/mol. The fraction of sp³-hybridized carbons (Fsp3) is 0.222. The van der Waals surface area contributed by atoms with Gasteiger partial charge in [0.25, 0.3) is 0 Å². The average Bonchev–Trinajstić information content (AvgIpc) is 2.85. The molecule has 0 fully saturated rings. The first kappa shape index (κ1) is 19.9. The van der Waals surface area contributed by atoms with Crippen LogP contribution in [0.25, 0.3) is 22.5 Å². The van der Waals surface area contributed by atoms with E-state index >= 15 is 0 Å². The topological polar surface area (TPSA) is 38.7 Å². The lowest BCUT2D eigenvalue weighted by atomic mass is 9.82. The number of hydrogen-bond acceptors (Lipinski definition) is 3. The molecule has 2 aliphatic rings. The van der Waals surface area contributed by atoms with Crippen LogP contribution in [0.3, 0.4) is 0 Å². The highest BCUT2D eigenvalue weighted by atomic mass is 35.5. The molecule has 5 rings (SSSR count). The summed E-state index contributed by atoms with van der Waals surface area (Å²) in [7, 11) is 0. The molecule has 1 aromatic heterocycles. The molecule has 0 N–H and O–H groups in total. The van der Waals surface area contributed by atoms with Crippen LogP contribution in [0.1, 0.15) is 55.0 Å². The molecule has 0 radical (unpaired) electrons. The van der Waals surface area contributed by atoms with E-state index in [-0.39, 0.29) is 5.28 Å². The predicted octanol–water partition coefficient (Wildman–Crippen LogP) is 7.28. The minimum Gasteiger partial charge on any atom is -0.208 e. The predicted molar refractivity (Wildman–Crippen MR) is 128 cm³/mol. The highest BCUT2D eigenvalue weighted by molar-refractivity contribution is 6.28. The maximum absolute atomic E-state index is 6.26. The number of halogens is 1. The number of benzene rings is 2. The van der Waals surface area contributed by atoms with Gasteiger partial charge in [-0.3, -0.25) is 0 Å². The Bertz CT molecular complexity index is 1180. The van der Waals surface area contributed by atoms with E-state index in [1.165, 1.54) is 23.1 Å². The Hall–Kier alpha value is -3.04. The Balaban J connectivity index is 1.41. The molecule has 0 saturated carbocycles. The highest BCUT2D eigenvalue weighted by Crippen LogP contribution is 2.36. The lowest BCUT2D eigenvalue weighted by Gasteiger charge is -2.22. The Labute approximate surface area is 188 Å². The molecule has 154 valence electrons. The molecule has 2 aliphatic carbocycles. The maximum Gasteiger partial charge on any atom is 0.226 e. The maximum atomic E-state index is 6.26. The third-order valence-corrected chi connectivity index (χ3v) is 6.20. The quantitative estimate of drug-likeness (QED) is 0.441. The van der Waals surface area contributed by atoms with E-state index in [1.807, 2.05) is 6.07 Å². The van der Waals surface area contributed by atoms with Gasteiger partial charge in [0.2, 0.25) is 5.28 Å². The van der Waals surface area contributed by atoms with Crippen molar-refractivity contribution in [1.29, 1.82) is 0 Å². The van der Waals surface area contributed by atoms with Crippen molar-refractivity contribution in [3.8, 4) is 11.4 Å². The zero-order valence-electron chi connectivity index (χ0n) is 17.3. The van der Waals surface area contributed by atoms with Gasteiger partial charge in [-0.05, 0) is 72.4 Å². The van der Waals surface area contributed by atoms with Crippen molar-refractivity contribution in [2.45, 2.75) is 38.0 Å². The van der Waals surface area contributed by atoms with Crippen molar-refractivity contribution in [1.82, 2.24) is 15.0 Å². The average molecular weight is 426 g/mol. The largest absolute Gasteiger partial charge is 0.226 e. The lowest BCUT2D eigenvalue weighted by molar-refractivity contribution is 0.625. The Morgan fingerprint density at radius 1 is 0.806 bits per heavy atom. The Kier molecular flexibility index (Phi) is 5.77. The van der Waals surface area contributed by atoms with Crippen LogP contribution in [0.2, 0.25) is 5.28 Å². The van der Waals surface area contributed by atoms with Crippen LogP contribution >= 0.6 is 11.6 Å². The van der Waals surface area contributed by atoms with Crippen molar-refractivity contribution < 1.29 is 0 Å². The van der Waals surface area contributed by atoms with Crippen LogP contribution < -0.4 is 0 Å². The second-order valence-corrected chi connectivity index (χ2v) is 8.42. The summed E-state index contributed by atoms with van der Waals surface area (Å²) in [5.74, 6) is 1.86. The number of hydrogen-bond donors (Lipinski definition) is 0. The van der Waals surface area contributed by atoms with Crippen LogP contribution in [0.4, 0.5) is 0 Å². The molecule has 4 heteroatoms. The molecule has 1 heterocycles. The van der Waals surface area contributed by atoms with Crippen LogP contribution in [0, 0.1) is 0 Å². The summed E-state index contributed by atoms with van der Waals surface area (Å²) in [6, 6.07) is 19.3. The van der Waals surface area contributed by atoms with E-state index < -0.39 is 0 Å². The first-order valence-electron chi connectivity index (χ1n) is 10.9. The highest BCUT2D eigenvalue weighted by Gasteiger charge is 2.18. The third kappa shape index (κ3) is 4.52. The summed E-state index contributed by atoms with van der Waals surface area (Å²) >= 11 is 6.26. The van der Waals surface area contributed by atoms with Gasteiger partial charge in [-0.15, -0.1) is 0 Å². The molecule has 3 aromatic rings. The molecule has 1 atom stereocenters. The SMILES string of the molecule is Clc1nc(C2=CCCC=C2)nc(-c2cccc(C3=CCC(c4ccccc4)CC3)c2)n1. The van der Waals surface area contributed by atoms with E-state index in [2.05, 4.69) is 82.8 Å². The third-order valence-electron chi connectivity index (χ3n) is 6.03. The standard InChI is InChI=1S/C27H24ClN3/c28-27-30-25(22-10-5-2-6-11-22)29-26(31-27)24-13-7-12-23(18-24)21-16-14-20(15-17-21)19-8-3-1-4-9-19/h1,3-5,7-13,16,18,20H,2,6,14-15,17H2. The fourth-order valence-electron chi connectivity index (χ4n) is 4.37. The molecule has 3 nitrogen and oxygen atoms in total. The normalized spacial score (nSPS) is 18.4. The summed E-state index contributed by atoms with van der Waals surface area (Å²) in [6.07, 6.45) is 14.1. The van der Waals surface area contributed by atoms with E-state index in [1.54, 1.807) is 0 Å². The lowest BCUT2D eigenvalue weighted by Crippen LogP contribution is -2.04. The fourth-order valence-corrected chi connectivity index (χ4v) is 4.53. The van der Waals surface area contributed by atoms with E-state index in [0.717, 1.165) is 36.8 Å². The van der Waals surface area contributed by atoms with Crippen LogP contribution in [0.5, 0.6) is 0 Å². The van der Waals surface area contributed by atoms with Gasteiger partial charge in [0.05, 0.1) is 0 Å². The number of aromatic nitrogens is 3. The second-order valence-electron chi connectivity index (χ2n) is 8.08. The van der Waals surface area contributed by atoms with Gasteiger partial charge in [-0.1, -0.05) is 72.8 Å². The van der Waals surface area contributed by atoms with Crippen molar-refractivity contribution in [3.05, 3.63) is 101 Å². The summed E-state index contributed by atoms with van der Waals surface area (Å²) in [4.78, 5) is 13.5. The van der Waals surface area contributed by atoms with Crippen molar-refractivity contribution >= 4 is 22.7 Å². The minimum atomic E-state index is 0.230. The number of allylic oxidation sites excluding steroid dienone is 6. The van der Waals surface area contributed by atoms with Gasteiger partial charge in [-0.2, -0.15) is 9.97 Å². The smallest absolute Gasteiger partial charge is 0.208 e. The molecule has 2 aromatic carbocycles. The van der Waals surface area contributed by atoms with Crippen LogP contribution in [-0.4, -0.2) is 15.0 Å². The first-order valence-corrected chi connectivity index (χ1v) is 11.3. The Morgan fingerprint density at radius 3 is 2.42 bits per heavy atom. The molecule has 0 aliphatic heterocycles. The van der Waals surface area contributed by atoms with E-state index in [9.17, 15) is 0 Å². The minimum absolute atomic E-state index is 0.230. The van der Waals surface area contributed by atoms with Crippen LogP contribution in [-0.2, 0) is 0 Å². The summed E-state index contributed by atoms with van der Waals surface area (Å²) in [5.41, 5.74) is 6.04. The Morgan fingerprint density at radius 2 is 1.65 bits per heavy atom. The van der Waals surface area contributed by atoms with Gasteiger partial charge in [-0.25, -0.2) is 4.98 Å². The molecular formula is C27H24ClN3. The first-order chi connectivity index (χ1) is 15.3. The van der Waals surface area contributed by atoms with Crippen molar-refractivity contribution in [3.63, 3.8) is 0 Å².